The predicted octanol–water partition coefficient (Wildman–Crippen LogP) is 2.15. The first kappa shape index (κ1) is 15.6. The molecule has 1 aromatic rings. The Morgan fingerprint density at radius 2 is 2.00 bits per heavy atom. The average molecular weight is 319 g/mol. The normalized spacial score (nSPS) is 17.8. The highest BCUT2D eigenvalue weighted by atomic mass is 16.7. The van der Waals surface area contributed by atoms with E-state index in [2.05, 4.69) is 5.32 Å². The van der Waals surface area contributed by atoms with E-state index >= 15 is 0 Å². The van der Waals surface area contributed by atoms with Gasteiger partial charge >= 0.3 is 5.97 Å². The molecular formula is C17H21NO5. The molecule has 1 atom stereocenters. The second-order valence-electron chi connectivity index (χ2n) is 5.97. The minimum absolute atomic E-state index is 0.0425. The van der Waals surface area contributed by atoms with Crippen molar-refractivity contribution < 1.29 is 23.8 Å². The van der Waals surface area contributed by atoms with E-state index < -0.39 is 6.10 Å². The third-order valence-electron chi connectivity index (χ3n) is 4.25. The van der Waals surface area contributed by atoms with Crippen molar-refractivity contribution in [3.63, 3.8) is 0 Å². The molecule has 1 aliphatic heterocycles. The van der Waals surface area contributed by atoms with Crippen molar-refractivity contribution in [1.29, 1.82) is 0 Å². The molecule has 1 aromatic carbocycles. The SMILES string of the molecule is C[C@H](OC(=O)C1CCCC1)C(=O)NCc1ccc2c(c1)OCO2. The van der Waals surface area contributed by atoms with Gasteiger partial charge < -0.3 is 19.5 Å². The molecule has 1 aliphatic carbocycles. The van der Waals surface area contributed by atoms with Crippen molar-refractivity contribution in [2.45, 2.75) is 45.3 Å². The van der Waals surface area contributed by atoms with Crippen LogP contribution in [0.15, 0.2) is 18.2 Å². The number of carbonyl (C=O) groups excluding carboxylic acids is 2. The number of hydrogen-bond donors (Lipinski definition) is 1. The number of esters is 1. The summed E-state index contributed by atoms with van der Waals surface area (Å²) in [4.78, 5) is 24.0. The zero-order valence-electron chi connectivity index (χ0n) is 13.2. The summed E-state index contributed by atoms with van der Waals surface area (Å²) in [7, 11) is 0. The Labute approximate surface area is 135 Å². The monoisotopic (exact) mass is 319 g/mol. The van der Waals surface area contributed by atoms with E-state index in [1.165, 1.54) is 0 Å². The Kier molecular flexibility index (Phi) is 4.69. The molecule has 3 rings (SSSR count). The van der Waals surface area contributed by atoms with Crippen molar-refractivity contribution in [2.75, 3.05) is 6.79 Å². The van der Waals surface area contributed by atoms with Crippen LogP contribution in [0.1, 0.15) is 38.2 Å². The molecule has 6 nitrogen and oxygen atoms in total. The third-order valence-corrected chi connectivity index (χ3v) is 4.25. The lowest BCUT2D eigenvalue weighted by Gasteiger charge is -2.16. The number of rotatable bonds is 5. The topological polar surface area (TPSA) is 73.9 Å². The molecule has 23 heavy (non-hydrogen) atoms. The summed E-state index contributed by atoms with van der Waals surface area (Å²) in [5.41, 5.74) is 0.900. The minimum atomic E-state index is -0.780. The second kappa shape index (κ2) is 6.89. The maximum absolute atomic E-state index is 12.1. The van der Waals surface area contributed by atoms with Crippen molar-refractivity contribution in [3.8, 4) is 11.5 Å². The van der Waals surface area contributed by atoms with Gasteiger partial charge in [0.25, 0.3) is 5.91 Å². The Balaban J connectivity index is 1.47. The molecule has 0 saturated heterocycles. The molecule has 0 aromatic heterocycles. The highest BCUT2D eigenvalue weighted by Gasteiger charge is 2.27. The highest BCUT2D eigenvalue weighted by Crippen LogP contribution is 2.32. The van der Waals surface area contributed by atoms with Crippen LogP contribution in [0.25, 0.3) is 0 Å². The minimum Gasteiger partial charge on any atom is -0.454 e. The number of carbonyl (C=O) groups is 2. The van der Waals surface area contributed by atoms with Gasteiger partial charge in [0.15, 0.2) is 17.6 Å². The number of amides is 1. The maximum atomic E-state index is 12.1. The van der Waals surface area contributed by atoms with Crippen molar-refractivity contribution in [2.24, 2.45) is 5.92 Å². The molecule has 0 spiro atoms. The summed E-state index contributed by atoms with van der Waals surface area (Å²) in [6, 6.07) is 5.51. The van der Waals surface area contributed by atoms with Gasteiger partial charge in [-0.1, -0.05) is 18.9 Å². The van der Waals surface area contributed by atoms with Crippen molar-refractivity contribution >= 4 is 11.9 Å². The maximum Gasteiger partial charge on any atom is 0.309 e. The largest absolute Gasteiger partial charge is 0.454 e. The van der Waals surface area contributed by atoms with E-state index in [-0.39, 0.29) is 24.6 Å². The summed E-state index contributed by atoms with van der Waals surface area (Å²) >= 11 is 0. The molecule has 1 fully saturated rings. The molecule has 6 heteroatoms. The molecule has 1 heterocycles. The van der Waals surface area contributed by atoms with Crippen LogP contribution in [0.3, 0.4) is 0 Å². The van der Waals surface area contributed by atoms with E-state index in [0.717, 1.165) is 31.2 Å². The van der Waals surface area contributed by atoms with Crippen LogP contribution in [0, 0.1) is 5.92 Å². The fraction of sp³-hybridized carbons (Fsp3) is 0.529. The zero-order valence-corrected chi connectivity index (χ0v) is 13.2. The Bertz CT molecular complexity index is 595. The fourth-order valence-corrected chi connectivity index (χ4v) is 2.87. The second-order valence-corrected chi connectivity index (χ2v) is 5.97. The number of hydrogen-bond acceptors (Lipinski definition) is 5. The first-order valence-corrected chi connectivity index (χ1v) is 8.00. The molecule has 1 amide bonds. The lowest BCUT2D eigenvalue weighted by molar-refractivity contribution is -0.158. The van der Waals surface area contributed by atoms with E-state index in [1.54, 1.807) is 6.92 Å². The molecular weight excluding hydrogens is 298 g/mol. The molecule has 1 N–H and O–H groups in total. The van der Waals surface area contributed by atoms with Crippen LogP contribution in [0.4, 0.5) is 0 Å². The van der Waals surface area contributed by atoms with Crippen molar-refractivity contribution in [1.82, 2.24) is 5.32 Å². The molecule has 124 valence electrons. The lowest BCUT2D eigenvalue weighted by Crippen LogP contribution is -2.36. The van der Waals surface area contributed by atoms with Gasteiger partial charge in [0.1, 0.15) is 0 Å². The van der Waals surface area contributed by atoms with Gasteiger partial charge in [-0.15, -0.1) is 0 Å². The van der Waals surface area contributed by atoms with Gasteiger partial charge in [-0.2, -0.15) is 0 Å². The van der Waals surface area contributed by atoms with Gasteiger partial charge in [-0.25, -0.2) is 0 Å². The van der Waals surface area contributed by atoms with Crippen LogP contribution in [-0.4, -0.2) is 24.8 Å². The van der Waals surface area contributed by atoms with Gasteiger partial charge in [0.05, 0.1) is 5.92 Å². The first-order chi connectivity index (χ1) is 11.1. The van der Waals surface area contributed by atoms with E-state index in [0.29, 0.717) is 18.0 Å². The van der Waals surface area contributed by atoms with Gasteiger partial charge in [-0.05, 0) is 37.5 Å². The van der Waals surface area contributed by atoms with E-state index in [9.17, 15) is 9.59 Å². The summed E-state index contributed by atoms with van der Waals surface area (Å²) < 4.78 is 15.8. The summed E-state index contributed by atoms with van der Waals surface area (Å²) in [5, 5.41) is 2.77. The summed E-state index contributed by atoms with van der Waals surface area (Å²) in [6.07, 6.45) is 3.07. The van der Waals surface area contributed by atoms with Crippen LogP contribution in [0.5, 0.6) is 11.5 Å². The van der Waals surface area contributed by atoms with Gasteiger partial charge in [-0.3, -0.25) is 9.59 Å². The first-order valence-electron chi connectivity index (χ1n) is 8.00. The van der Waals surface area contributed by atoms with Crippen LogP contribution >= 0.6 is 0 Å². The smallest absolute Gasteiger partial charge is 0.309 e. The molecule has 1 saturated carbocycles. The van der Waals surface area contributed by atoms with Gasteiger partial charge in [0.2, 0.25) is 6.79 Å². The average Bonchev–Trinajstić information content (AvgIpc) is 3.22. The number of nitrogens with one attached hydrogen (secondary N) is 1. The molecule has 0 unspecified atom stereocenters. The summed E-state index contributed by atoms with van der Waals surface area (Å²) in [6.45, 7) is 2.17. The Hall–Kier alpha value is -2.24. The van der Waals surface area contributed by atoms with Crippen molar-refractivity contribution in [3.05, 3.63) is 23.8 Å². The molecule has 0 bridgehead atoms. The van der Waals surface area contributed by atoms with Gasteiger partial charge in [0, 0.05) is 6.54 Å². The number of benzene rings is 1. The predicted molar refractivity (Wildman–Crippen MR) is 81.9 cm³/mol. The fourth-order valence-electron chi connectivity index (χ4n) is 2.87. The van der Waals surface area contributed by atoms with Crippen LogP contribution < -0.4 is 14.8 Å². The standard InChI is InChI=1S/C17H21NO5/c1-11(23-17(20)13-4-2-3-5-13)16(19)18-9-12-6-7-14-15(8-12)22-10-21-14/h6-8,11,13H,2-5,9-10H2,1H3,(H,18,19)/t11-/m0/s1. The third kappa shape index (κ3) is 3.75. The van der Waals surface area contributed by atoms with Crippen LogP contribution in [-0.2, 0) is 20.9 Å². The van der Waals surface area contributed by atoms with E-state index in [4.69, 9.17) is 14.2 Å². The quantitative estimate of drug-likeness (QED) is 0.842. The highest BCUT2D eigenvalue weighted by molar-refractivity contribution is 5.84. The zero-order chi connectivity index (χ0) is 16.2. The molecule has 0 radical (unpaired) electrons. The Morgan fingerprint density at radius 3 is 2.78 bits per heavy atom. The summed E-state index contributed by atoms with van der Waals surface area (Å²) in [5.74, 6) is 0.790. The van der Waals surface area contributed by atoms with E-state index in [1.807, 2.05) is 18.2 Å². The molecule has 2 aliphatic rings. The van der Waals surface area contributed by atoms with Crippen LogP contribution in [0.2, 0.25) is 0 Å². The lowest BCUT2D eigenvalue weighted by atomic mass is 10.1. The Morgan fingerprint density at radius 1 is 1.26 bits per heavy atom. The number of ether oxygens (including phenoxy) is 3. The number of fused-ring (bicyclic) bond motifs is 1.